The Morgan fingerprint density at radius 2 is 1.39 bits per heavy atom. The van der Waals surface area contributed by atoms with Crippen LogP contribution in [0.4, 0.5) is 0 Å². The van der Waals surface area contributed by atoms with Gasteiger partial charge in [0.15, 0.2) is 0 Å². The van der Waals surface area contributed by atoms with Crippen LogP contribution in [-0.2, 0) is 5.41 Å². The number of hydrogen-bond donors (Lipinski definition) is 0. The molecule has 0 unspecified atom stereocenters. The molecule has 0 atom stereocenters. The third-order valence-corrected chi connectivity index (χ3v) is 8.69. The van der Waals surface area contributed by atoms with Gasteiger partial charge < -0.3 is 0 Å². The van der Waals surface area contributed by atoms with E-state index in [9.17, 15) is 0 Å². The van der Waals surface area contributed by atoms with Crippen molar-refractivity contribution in [2.75, 3.05) is 0 Å². The molecule has 0 bridgehead atoms. The van der Waals surface area contributed by atoms with Gasteiger partial charge in [-0.2, -0.15) is 0 Å². The number of hydrogen-bond acceptors (Lipinski definition) is 1. The quantitative estimate of drug-likeness (QED) is 0.304. The maximum atomic E-state index is 2.39. The lowest BCUT2D eigenvalue weighted by Crippen LogP contribution is -2.61. The molecule has 0 radical (unpaired) electrons. The van der Waals surface area contributed by atoms with Crippen LogP contribution >= 0.6 is 11.3 Å². The van der Waals surface area contributed by atoms with Crippen molar-refractivity contribution in [3.8, 4) is 21.6 Å². The Labute approximate surface area is 187 Å². The molecule has 0 saturated carbocycles. The van der Waals surface area contributed by atoms with Gasteiger partial charge in [0, 0.05) is 15.7 Å². The molecule has 0 amide bonds. The Kier molecular flexibility index (Phi) is 3.39. The SMILES string of the molecule is CC1(C)c2ccccc2B2c3c(cccc31)-c1cccc3c(-c4ccccc4)sc2c13. The maximum Gasteiger partial charge on any atom is 0.256 e. The van der Waals surface area contributed by atoms with Crippen molar-refractivity contribution in [2.45, 2.75) is 19.3 Å². The molecule has 2 aliphatic heterocycles. The van der Waals surface area contributed by atoms with E-state index in [4.69, 9.17) is 0 Å². The molecular formula is C29H21BS. The van der Waals surface area contributed by atoms with E-state index in [1.807, 2.05) is 11.3 Å². The first-order valence-electron chi connectivity index (χ1n) is 11.0. The Morgan fingerprint density at radius 1 is 0.677 bits per heavy atom. The summed E-state index contributed by atoms with van der Waals surface area (Å²) in [6.45, 7) is 5.09. The predicted molar refractivity (Wildman–Crippen MR) is 136 cm³/mol. The van der Waals surface area contributed by atoms with Crippen molar-refractivity contribution >= 4 is 44.5 Å². The smallest absolute Gasteiger partial charge is 0.148 e. The number of rotatable bonds is 1. The molecule has 0 nitrogen and oxygen atoms in total. The summed E-state index contributed by atoms with van der Waals surface area (Å²) in [6, 6.07) is 33.8. The van der Waals surface area contributed by atoms with Crippen molar-refractivity contribution in [2.24, 2.45) is 0 Å². The molecular weight excluding hydrogens is 391 g/mol. The minimum atomic E-state index is 0.00333. The zero-order valence-electron chi connectivity index (χ0n) is 17.6. The molecule has 31 heavy (non-hydrogen) atoms. The second kappa shape index (κ2) is 5.99. The Hall–Kier alpha value is -3.10. The maximum absolute atomic E-state index is 2.39. The molecule has 4 aromatic carbocycles. The van der Waals surface area contributed by atoms with Gasteiger partial charge in [-0.25, -0.2) is 0 Å². The number of benzene rings is 4. The molecule has 1 aromatic heterocycles. The Bertz CT molecular complexity index is 1510. The predicted octanol–water partition coefficient (Wildman–Crippen LogP) is 5.70. The van der Waals surface area contributed by atoms with E-state index >= 15 is 0 Å². The fourth-order valence-electron chi connectivity index (χ4n) is 6.00. The van der Waals surface area contributed by atoms with Crippen molar-refractivity contribution in [3.63, 3.8) is 0 Å². The lowest BCUT2D eigenvalue weighted by molar-refractivity contribution is 0.646. The Morgan fingerprint density at radius 3 is 2.26 bits per heavy atom. The second-order valence-electron chi connectivity index (χ2n) is 9.30. The normalized spacial score (nSPS) is 15.0. The summed E-state index contributed by atoms with van der Waals surface area (Å²) in [5, 5.41) is 2.84. The molecule has 5 aromatic rings. The first-order chi connectivity index (χ1) is 15.2. The molecule has 3 heterocycles. The van der Waals surface area contributed by atoms with E-state index in [2.05, 4.69) is 105 Å². The molecule has 146 valence electrons. The highest BCUT2D eigenvalue weighted by atomic mass is 32.1. The minimum absolute atomic E-state index is 0.00333. The standard InChI is InChI=1S/C29H21BS/c1-29(2)22-15-6-7-17-24(22)30-26-20(13-9-16-23(26)29)19-12-8-14-21-25(19)28(30)31-27(21)18-10-4-3-5-11-18/h3-17H,1-2H3. The van der Waals surface area contributed by atoms with E-state index in [1.165, 1.54) is 59.2 Å². The van der Waals surface area contributed by atoms with Crippen molar-refractivity contribution in [1.82, 2.24) is 0 Å². The van der Waals surface area contributed by atoms with Crippen LogP contribution in [0.1, 0.15) is 25.0 Å². The van der Waals surface area contributed by atoms with Crippen LogP contribution in [0.2, 0.25) is 0 Å². The number of thiophene rings is 1. The molecule has 0 spiro atoms. The fraction of sp³-hybridized carbons (Fsp3) is 0.103. The van der Waals surface area contributed by atoms with E-state index in [-0.39, 0.29) is 5.41 Å². The highest BCUT2D eigenvalue weighted by Crippen LogP contribution is 2.43. The second-order valence-corrected chi connectivity index (χ2v) is 10.4. The van der Waals surface area contributed by atoms with Gasteiger partial charge in [-0.15, -0.1) is 11.3 Å². The molecule has 7 rings (SSSR count). The largest absolute Gasteiger partial charge is 0.256 e. The first kappa shape index (κ1) is 17.6. The zero-order chi connectivity index (χ0) is 20.7. The van der Waals surface area contributed by atoms with Gasteiger partial charge in [-0.05, 0) is 38.0 Å². The summed E-state index contributed by atoms with van der Waals surface area (Å²) in [6.07, 6.45) is 0. The van der Waals surface area contributed by atoms with E-state index in [0.29, 0.717) is 6.71 Å². The lowest BCUT2D eigenvalue weighted by atomic mass is 9.31. The molecule has 0 N–H and O–H groups in total. The third kappa shape index (κ3) is 2.16. The molecule has 0 fully saturated rings. The molecule has 2 heteroatoms. The monoisotopic (exact) mass is 412 g/mol. The topological polar surface area (TPSA) is 0 Å². The Balaban J connectivity index is 1.66. The molecule has 2 aliphatic rings. The average molecular weight is 412 g/mol. The summed E-state index contributed by atoms with van der Waals surface area (Å²) in [4.78, 5) is 1.39. The lowest BCUT2D eigenvalue weighted by Gasteiger charge is -2.41. The summed E-state index contributed by atoms with van der Waals surface area (Å²) in [5.74, 6) is 0. The van der Waals surface area contributed by atoms with Gasteiger partial charge in [-0.1, -0.05) is 116 Å². The van der Waals surface area contributed by atoms with E-state index in [1.54, 1.807) is 0 Å². The van der Waals surface area contributed by atoms with Crippen LogP contribution in [0.5, 0.6) is 0 Å². The summed E-state index contributed by atoms with van der Waals surface area (Å²) in [5.41, 5.74) is 10.1. The molecule has 0 saturated heterocycles. The van der Waals surface area contributed by atoms with Crippen LogP contribution in [0, 0.1) is 0 Å². The van der Waals surface area contributed by atoms with Crippen LogP contribution in [0.15, 0.2) is 91.0 Å². The van der Waals surface area contributed by atoms with Crippen molar-refractivity contribution in [1.29, 1.82) is 0 Å². The van der Waals surface area contributed by atoms with Gasteiger partial charge in [0.05, 0.1) is 0 Å². The van der Waals surface area contributed by atoms with Crippen LogP contribution in [0.25, 0.3) is 32.3 Å². The van der Waals surface area contributed by atoms with Gasteiger partial charge >= 0.3 is 0 Å². The van der Waals surface area contributed by atoms with Crippen LogP contribution < -0.4 is 15.7 Å². The minimum Gasteiger partial charge on any atom is -0.148 e. The van der Waals surface area contributed by atoms with E-state index in [0.717, 1.165) is 0 Å². The highest BCUT2D eigenvalue weighted by molar-refractivity contribution is 7.32. The van der Waals surface area contributed by atoms with Gasteiger partial charge in [0.25, 0.3) is 6.71 Å². The van der Waals surface area contributed by atoms with Gasteiger partial charge in [0.1, 0.15) is 0 Å². The van der Waals surface area contributed by atoms with E-state index < -0.39 is 0 Å². The van der Waals surface area contributed by atoms with Gasteiger partial charge in [0.2, 0.25) is 0 Å². The number of fused-ring (bicyclic) bond motifs is 4. The van der Waals surface area contributed by atoms with Crippen molar-refractivity contribution < 1.29 is 0 Å². The first-order valence-corrected chi connectivity index (χ1v) is 11.8. The van der Waals surface area contributed by atoms with Gasteiger partial charge in [-0.3, -0.25) is 0 Å². The fourth-order valence-corrected chi connectivity index (χ4v) is 7.44. The van der Waals surface area contributed by atoms with Crippen LogP contribution in [0.3, 0.4) is 0 Å². The summed E-state index contributed by atoms with van der Waals surface area (Å²) < 4.78 is 1.51. The molecule has 0 aliphatic carbocycles. The summed E-state index contributed by atoms with van der Waals surface area (Å²) >= 11 is 1.99. The summed E-state index contributed by atoms with van der Waals surface area (Å²) in [7, 11) is 0. The highest BCUT2D eigenvalue weighted by Gasteiger charge is 2.44. The third-order valence-electron chi connectivity index (χ3n) is 7.37. The van der Waals surface area contributed by atoms with Crippen LogP contribution in [-0.4, -0.2) is 6.71 Å². The zero-order valence-corrected chi connectivity index (χ0v) is 18.5. The van der Waals surface area contributed by atoms with Crippen molar-refractivity contribution in [3.05, 3.63) is 102 Å². The average Bonchev–Trinajstić information content (AvgIpc) is 3.20.